The van der Waals surface area contributed by atoms with E-state index in [1.54, 1.807) is 13.8 Å². The lowest BCUT2D eigenvalue weighted by atomic mass is 10.3. The summed E-state index contributed by atoms with van der Waals surface area (Å²) in [6, 6.07) is 0. The molecule has 6 heteroatoms. The predicted molar refractivity (Wildman–Crippen MR) is 66.3 cm³/mol. The normalized spacial score (nSPS) is 10.1. The van der Waals surface area contributed by atoms with Crippen molar-refractivity contribution in [2.45, 2.75) is 33.6 Å². The molecule has 0 aliphatic rings. The summed E-state index contributed by atoms with van der Waals surface area (Å²) in [5, 5.41) is 3.11. The molecule has 0 spiro atoms. The SMILES string of the molecule is CCCC(=O)Nc1nc(C)c(C(=O)OCC)s1. The van der Waals surface area contributed by atoms with Gasteiger partial charge in [0, 0.05) is 6.42 Å². The minimum absolute atomic E-state index is 0.0864. The third-order valence-electron chi connectivity index (χ3n) is 1.98. The number of aryl methyl sites for hydroxylation is 1. The minimum Gasteiger partial charge on any atom is -0.462 e. The number of amides is 1. The Balaban J connectivity index is 2.74. The molecule has 0 saturated carbocycles. The van der Waals surface area contributed by atoms with E-state index in [0.717, 1.165) is 17.8 Å². The Bertz CT molecular complexity index is 415. The van der Waals surface area contributed by atoms with Crippen LogP contribution in [0.25, 0.3) is 0 Å². The summed E-state index contributed by atoms with van der Waals surface area (Å²) in [6.07, 6.45) is 1.23. The summed E-state index contributed by atoms with van der Waals surface area (Å²) in [6.45, 7) is 5.72. The van der Waals surface area contributed by atoms with Gasteiger partial charge in [-0.25, -0.2) is 9.78 Å². The number of esters is 1. The molecular weight excluding hydrogens is 240 g/mol. The summed E-state index contributed by atoms with van der Waals surface area (Å²) in [7, 11) is 0. The van der Waals surface area contributed by atoms with E-state index in [1.807, 2.05) is 6.92 Å². The van der Waals surface area contributed by atoms with Crippen LogP contribution in [0.1, 0.15) is 42.1 Å². The van der Waals surface area contributed by atoms with Gasteiger partial charge in [-0.05, 0) is 20.3 Å². The summed E-state index contributed by atoms with van der Waals surface area (Å²) >= 11 is 1.14. The first kappa shape index (κ1) is 13.6. The van der Waals surface area contributed by atoms with Gasteiger partial charge < -0.3 is 10.1 Å². The Morgan fingerprint density at radius 2 is 2.12 bits per heavy atom. The van der Waals surface area contributed by atoms with E-state index in [0.29, 0.717) is 28.7 Å². The third-order valence-corrected chi connectivity index (χ3v) is 3.03. The molecule has 0 radical (unpaired) electrons. The predicted octanol–water partition coefficient (Wildman–Crippen LogP) is 2.37. The Hall–Kier alpha value is -1.43. The van der Waals surface area contributed by atoms with Crippen molar-refractivity contribution < 1.29 is 14.3 Å². The van der Waals surface area contributed by atoms with Crippen molar-refractivity contribution in [2.24, 2.45) is 0 Å². The van der Waals surface area contributed by atoms with Crippen LogP contribution in [0.5, 0.6) is 0 Å². The Morgan fingerprint density at radius 1 is 1.41 bits per heavy atom. The van der Waals surface area contributed by atoms with Crippen LogP contribution in [0, 0.1) is 6.92 Å². The first-order valence-electron chi connectivity index (χ1n) is 5.52. The van der Waals surface area contributed by atoms with Crippen molar-refractivity contribution in [3.05, 3.63) is 10.6 Å². The molecule has 0 bridgehead atoms. The number of carbonyl (C=O) groups excluding carboxylic acids is 2. The topological polar surface area (TPSA) is 68.3 Å². The van der Waals surface area contributed by atoms with Crippen molar-refractivity contribution in [1.29, 1.82) is 0 Å². The van der Waals surface area contributed by atoms with E-state index >= 15 is 0 Å². The van der Waals surface area contributed by atoms with E-state index < -0.39 is 5.97 Å². The number of hydrogen-bond acceptors (Lipinski definition) is 5. The molecule has 1 aromatic heterocycles. The van der Waals surface area contributed by atoms with Gasteiger partial charge >= 0.3 is 5.97 Å². The highest BCUT2D eigenvalue weighted by molar-refractivity contribution is 7.17. The molecule has 0 unspecified atom stereocenters. The van der Waals surface area contributed by atoms with Gasteiger partial charge in [0.15, 0.2) is 5.13 Å². The fourth-order valence-electron chi connectivity index (χ4n) is 1.24. The van der Waals surface area contributed by atoms with Crippen LogP contribution < -0.4 is 5.32 Å². The van der Waals surface area contributed by atoms with Gasteiger partial charge in [-0.3, -0.25) is 4.79 Å². The average molecular weight is 256 g/mol. The lowest BCUT2D eigenvalue weighted by Crippen LogP contribution is -2.10. The lowest BCUT2D eigenvalue weighted by Gasteiger charge is -1.98. The molecule has 5 nitrogen and oxygen atoms in total. The maximum absolute atomic E-state index is 11.5. The first-order chi connectivity index (χ1) is 8.08. The fourth-order valence-corrected chi connectivity index (χ4v) is 2.12. The number of nitrogens with zero attached hydrogens (tertiary/aromatic N) is 1. The summed E-state index contributed by atoms with van der Waals surface area (Å²) in [5.41, 5.74) is 0.584. The molecule has 0 saturated heterocycles. The second-order valence-electron chi connectivity index (χ2n) is 3.45. The molecule has 1 amide bonds. The van der Waals surface area contributed by atoms with Crippen molar-refractivity contribution in [3.63, 3.8) is 0 Å². The number of carbonyl (C=O) groups is 2. The fraction of sp³-hybridized carbons (Fsp3) is 0.545. The Morgan fingerprint density at radius 3 is 2.71 bits per heavy atom. The Kier molecular flexibility index (Phi) is 5.09. The second-order valence-corrected chi connectivity index (χ2v) is 4.45. The van der Waals surface area contributed by atoms with Crippen LogP contribution in [-0.2, 0) is 9.53 Å². The van der Waals surface area contributed by atoms with E-state index in [-0.39, 0.29) is 5.91 Å². The molecule has 1 heterocycles. The maximum Gasteiger partial charge on any atom is 0.350 e. The summed E-state index contributed by atoms with van der Waals surface area (Å²) < 4.78 is 4.89. The first-order valence-corrected chi connectivity index (χ1v) is 6.34. The van der Waals surface area contributed by atoms with Crippen molar-refractivity contribution >= 4 is 28.3 Å². The number of anilines is 1. The Labute approximate surface area is 104 Å². The smallest absolute Gasteiger partial charge is 0.350 e. The van der Waals surface area contributed by atoms with Crippen molar-refractivity contribution in [2.75, 3.05) is 11.9 Å². The van der Waals surface area contributed by atoms with E-state index in [9.17, 15) is 9.59 Å². The molecular formula is C11H16N2O3S. The van der Waals surface area contributed by atoms with Crippen molar-refractivity contribution in [1.82, 2.24) is 4.98 Å². The molecule has 0 atom stereocenters. The highest BCUT2D eigenvalue weighted by Crippen LogP contribution is 2.23. The van der Waals surface area contributed by atoms with Crippen LogP contribution in [-0.4, -0.2) is 23.5 Å². The molecule has 0 aromatic carbocycles. The zero-order valence-corrected chi connectivity index (χ0v) is 11.0. The van der Waals surface area contributed by atoms with Gasteiger partial charge in [0.25, 0.3) is 0 Å². The standard InChI is InChI=1S/C11H16N2O3S/c1-4-6-8(14)13-11-12-7(3)9(17-11)10(15)16-5-2/h4-6H2,1-3H3,(H,12,13,14). The number of hydrogen-bond donors (Lipinski definition) is 1. The molecule has 17 heavy (non-hydrogen) atoms. The van der Waals surface area contributed by atoms with E-state index in [1.165, 1.54) is 0 Å². The number of ether oxygens (including phenoxy) is 1. The van der Waals surface area contributed by atoms with E-state index in [4.69, 9.17) is 4.74 Å². The van der Waals surface area contributed by atoms with Crippen LogP contribution in [0.3, 0.4) is 0 Å². The zero-order valence-electron chi connectivity index (χ0n) is 10.2. The van der Waals surface area contributed by atoms with Gasteiger partial charge in [-0.1, -0.05) is 18.3 Å². The monoisotopic (exact) mass is 256 g/mol. The molecule has 0 fully saturated rings. The number of rotatable bonds is 5. The van der Waals surface area contributed by atoms with Gasteiger partial charge in [0.2, 0.25) is 5.91 Å². The van der Waals surface area contributed by atoms with Crippen LogP contribution in [0.15, 0.2) is 0 Å². The van der Waals surface area contributed by atoms with Crippen LogP contribution in [0.2, 0.25) is 0 Å². The van der Waals surface area contributed by atoms with Gasteiger partial charge in [-0.2, -0.15) is 0 Å². The molecule has 0 aliphatic heterocycles. The number of aromatic nitrogens is 1. The summed E-state index contributed by atoms with van der Waals surface area (Å²) in [4.78, 5) is 27.5. The molecule has 1 N–H and O–H groups in total. The largest absolute Gasteiger partial charge is 0.462 e. The quantitative estimate of drug-likeness (QED) is 0.821. The van der Waals surface area contributed by atoms with E-state index in [2.05, 4.69) is 10.3 Å². The number of thiazole rings is 1. The maximum atomic E-state index is 11.5. The lowest BCUT2D eigenvalue weighted by molar-refractivity contribution is -0.116. The van der Waals surface area contributed by atoms with Crippen LogP contribution >= 0.6 is 11.3 Å². The number of nitrogens with one attached hydrogen (secondary N) is 1. The van der Waals surface area contributed by atoms with Crippen LogP contribution in [0.4, 0.5) is 5.13 Å². The third kappa shape index (κ3) is 3.81. The molecule has 1 rings (SSSR count). The average Bonchev–Trinajstić information content (AvgIpc) is 2.60. The summed E-state index contributed by atoms with van der Waals surface area (Å²) in [5.74, 6) is -0.477. The molecule has 1 aromatic rings. The zero-order chi connectivity index (χ0) is 12.8. The van der Waals surface area contributed by atoms with Gasteiger partial charge in [-0.15, -0.1) is 0 Å². The van der Waals surface area contributed by atoms with Gasteiger partial charge in [0.1, 0.15) is 4.88 Å². The highest BCUT2D eigenvalue weighted by Gasteiger charge is 2.17. The van der Waals surface area contributed by atoms with Crippen molar-refractivity contribution in [3.8, 4) is 0 Å². The van der Waals surface area contributed by atoms with Gasteiger partial charge in [0.05, 0.1) is 12.3 Å². The molecule has 0 aliphatic carbocycles. The second kappa shape index (κ2) is 6.34. The molecule has 94 valence electrons. The highest BCUT2D eigenvalue weighted by atomic mass is 32.1. The minimum atomic E-state index is -0.390.